The first kappa shape index (κ1) is 35.8. The summed E-state index contributed by atoms with van der Waals surface area (Å²) in [5, 5.41) is 4.57. The van der Waals surface area contributed by atoms with Crippen molar-refractivity contribution in [1.82, 2.24) is 24.1 Å². The summed E-state index contributed by atoms with van der Waals surface area (Å²) in [6.07, 6.45) is 1.91. The number of hydrogen-bond acceptors (Lipinski definition) is 2. The second-order valence-electron chi connectivity index (χ2n) is 15.8. The molecule has 0 bridgehead atoms. The first-order valence-corrected chi connectivity index (χ1v) is 19.5. The van der Waals surface area contributed by atoms with Gasteiger partial charge in [-0.15, -0.1) is 34.8 Å². The molecule has 11 aromatic rings. The number of rotatable bonds is 5. The Balaban J connectivity index is 0.00000408. The van der Waals surface area contributed by atoms with Crippen molar-refractivity contribution in [2.24, 2.45) is 0 Å². The molecule has 5 nitrogen and oxygen atoms in total. The maximum absolute atomic E-state index is 5.53. The first-order valence-electron chi connectivity index (χ1n) is 19.5. The Morgan fingerprint density at radius 1 is 0.569 bits per heavy atom. The molecule has 0 unspecified atom stereocenters. The van der Waals surface area contributed by atoms with Crippen molar-refractivity contribution in [2.45, 2.75) is 26.2 Å². The van der Waals surface area contributed by atoms with Crippen LogP contribution in [-0.2, 0) is 26.5 Å². The standard InChI is InChI=1S/C52H37N5.Pt/c1-52(2,3)36-25-27-41-40-26-24-35(30-46(40)57(47(41)32-36)48-31-34(28-29-53-48)33-14-6-4-7-15-33)38-19-13-23-45-50(38)55-51(56(45)37-16-8-5-9-17-37)43-21-12-20-42-39-18-10-11-22-44(39)54-49(42)43;/h4-29,31-32H,1-3H3;/q-2;+2. The largest absolute Gasteiger partial charge is 2.00 e. The summed E-state index contributed by atoms with van der Waals surface area (Å²) in [7, 11) is 0. The summed E-state index contributed by atoms with van der Waals surface area (Å²) in [5.41, 5.74) is 13.5. The molecular formula is C52H37N5Pt. The van der Waals surface area contributed by atoms with E-state index < -0.39 is 0 Å². The number of benzene rings is 7. The van der Waals surface area contributed by atoms with E-state index in [0.717, 1.165) is 94.4 Å². The second kappa shape index (κ2) is 13.8. The van der Waals surface area contributed by atoms with E-state index >= 15 is 0 Å². The van der Waals surface area contributed by atoms with Crippen molar-refractivity contribution in [3.63, 3.8) is 0 Å². The van der Waals surface area contributed by atoms with Gasteiger partial charge in [0.25, 0.3) is 0 Å². The molecule has 0 aliphatic carbocycles. The van der Waals surface area contributed by atoms with E-state index in [1.807, 2.05) is 12.3 Å². The number of imidazole rings is 1. The van der Waals surface area contributed by atoms with Crippen LogP contribution in [0.25, 0.3) is 99.8 Å². The predicted molar refractivity (Wildman–Crippen MR) is 235 cm³/mol. The number of nitrogens with zero attached hydrogens (tertiary/aromatic N) is 5. The minimum atomic E-state index is -0.0243. The normalized spacial score (nSPS) is 11.9. The minimum Gasteiger partial charge on any atom is -0.656 e. The van der Waals surface area contributed by atoms with Crippen LogP contribution in [0.1, 0.15) is 26.3 Å². The molecule has 0 N–H and O–H groups in total. The Bertz CT molecular complexity index is 3330. The number of fused-ring (bicyclic) bond motifs is 7. The number of aromatic nitrogens is 5. The molecule has 280 valence electrons. The van der Waals surface area contributed by atoms with E-state index in [0.29, 0.717) is 0 Å². The quantitative estimate of drug-likeness (QED) is 0.162. The molecular weight excluding hydrogens is 890 g/mol. The van der Waals surface area contributed by atoms with Gasteiger partial charge >= 0.3 is 21.1 Å². The van der Waals surface area contributed by atoms with Crippen LogP contribution in [0.3, 0.4) is 0 Å². The fourth-order valence-electron chi connectivity index (χ4n) is 8.47. The fourth-order valence-corrected chi connectivity index (χ4v) is 8.47. The Hall–Kier alpha value is -6.55. The van der Waals surface area contributed by atoms with Crippen LogP contribution in [0.15, 0.2) is 170 Å². The van der Waals surface area contributed by atoms with E-state index in [9.17, 15) is 0 Å². The molecule has 0 aliphatic rings. The molecule has 0 amide bonds. The molecule has 0 saturated carbocycles. The van der Waals surface area contributed by atoms with Gasteiger partial charge in [-0.1, -0.05) is 147 Å². The molecule has 0 spiro atoms. The van der Waals surface area contributed by atoms with Crippen LogP contribution >= 0.6 is 0 Å². The summed E-state index contributed by atoms with van der Waals surface area (Å²) in [4.78, 5) is 15.7. The summed E-state index contributed by atoms with van der Waals surface area (Å²) < 4.78 is 4.56. The van der Waals surface area contributed by atoms with Gasteiger partial charge in [0, 0.05) is 23.0 Å². The summed E-state index contributed by atoms with van der Waals surface area (Å²) >= 11 is 0. The van der Waals surface area contributed by atoms with Gasteiger partial charge in [-0.2, -0.15) is 0 Å². The van der Waals surface area contributed by atoms with E-state index in [2.05, 4.69) is 194 Å². The zero-order valence-electron chi connectivity index (χ0n) is 32.2. The summed E-state index contributed by atoms with van der Waals surface area (Å²) in [6.45, 7) is 6.79. The summed E-state index contributed by atoms with van der Waals surface area (Å²) in [5.74, 6) is 1.70. The van der Waals surface area contributed by atoms with Gasteiger partial charge in [0.05, 0.1) is 11.0 Å². The third kappa shape index (κ3) is 5.72. The molecule has 7 aromatic carbocycles. The predicted octanol–water partition coefficient (Wildman–Crippen LogP) is 12.9. The maximum atomic E-state index is 5.53. The molecule has 4 heterocycles. The van der Waals surface area contributed by atoms with Crippen molar-refractivity contribution >= 4 is 54.6 Å². The van der Waals surface area contributed by atoms with Gasteiger partial charge in [-0.25, -0.2) is 9.97 Å². The van der Waals surface area contributed by atoms with Crippen molar-refractivity contribution in [3.05, 3.63) is 182 Å². The Labute approximate surface area is 350 Å². The van der Waals surface area contributed by atoms with Crippen LogP contribution in [0.5, 0.6) is 0 Å². The van der Waals surface area contributed by atoms with Crippen molar-refractivity contribution < 1.29 is 21.1 Å². The van der Waals surface area contributed by atoms with E-state index in [4.69, 9.17) is 15.0 Å². The van der Waals surface area contributed by atoms with Crippen LogP contribution < -0.4 is 4.98 Å². The van der Waals surface area contributed by atoms with E-state index in [-0.39, 0.29) is 26.5 Å². The van der Waals surface area contributed by atoms with Gasteiger partial charge in [-0.05, 0) is 80.2 Å². The molecule has 0 radical (unpaired) electrons. The molecule has 0 atom stereocenters. The zero-order valence-corrected chi connectivity index (χ0v) is 34.5. The van der Waals surface area contributed by atoms with E-state index in [1.54, 1.807) is 0 Å². The molecule has 0 aliphatic heterocycles. The molecule has 6 heteroatoms. The zero-order chi connectivity index (χ0) is 38.3. The van der Waals surface area contributed by atoms with Gasteiger partial charge in [0.2, 0.25) is 0 Å². The third-order valence-electron chi connectivity index (χ3n) is 11.3. The third-order valence-corrected chi connectivity index (χ3v) is 11.3. The molecule has 58 heavy (non-hydrogen) atoms. The second-order valence-corrected chi connectivity index (χ2v) is 15.8. The van der Waals surface area contributed by atoms with Crippen LogP contribution in [-0.4, -0.2) is 19.1 Å². The smallest absolute Gasteiger partial charge is 0.656 e. The van der Waals surface area contributed by atoms with Gasteiger partial charge in [0.1, 0.15) is 11.6 Å². The van der Waals surface area contributed by atoms with Gasteiger partial charge < -0.3 is 9.55 Å². The monoisotopic (exact) mass is 926 g/mol. The number of pyridine rings is 1. The number of hydrogen-bond donors (Lipinski definition) is 0. The van der Waals surface area contributed by atoms with Crippen molar-refractivity contribution in [3.8, 4) is 45.1 Å². The SMILES string of the molecule is CC(C)(C)c1ccc2c3ccc(-c4cccc5c4nc(-c4cccc6c4[n-]c4ccccc46)n5-c4ccccc4)[c-]c3n(-c3cc(-c4ccccc4)ccn3)c2c1.[Pt+2]. The Morgan fingerprint density at radius 2 is 1.29 bits per heavy atom. The molecule has 11 rings (SSSR count). The average molecular weight is 927 g/mol. The maximum Gasteiger partial charge on any atom is 2.00 e. The minimum absolute atomic E-state index is 0. The first-order chi connectivity index (χ1) is 27.9. The molecule has 0 saturated heterocycles. The Kier molecular flexibility index (Phi) is 8.54. The van der Waals surface area contributed by atoms with E-state index in [1.165, 1.54) is 10.9 Å². The number of para-hydroxylation sites is 4. The molecule has 0 fully saturated rings. The van der Waals surface area contributed by atoms with Crippen LogP contribution in [0.4, 0.5) is 0 Å². The van der Waals surface area contributed by atoms with Crippen molar-refractivity contribution in [1.29, 1.82) is 0 Å². The Morgan fingerprint density at radius 3 is 2.12 bits per heavy atom. The summed E-state index contributed by atoms with van der Waals surface area (Å²) in [6, 6.07) is 61.7. The molecule has 4 aromatic heterocycles. The van der Waals surface area contributed by atoms with Crippen LogP contribution in [0.2, 0.25) is 0 Å². The fraction of sp³-hybridized carbons (Fsp3) is 0.0769. The van der Waals surface area contributed by atoms with Crippen molar-refractivity contribution in [2.75, 3.05) is 0 Å². The van der Waals surface area contributed by atoms with Gasteiger partial charge in [0.15, 0.2) is 0 Å². The average Bonchev–Trinajstić information content (AvgIpc) is 3.93. The van der Waals surface area contributed by atoms with Crippen LogP contribution in [0, 0.1) is 6.07 Å². The van der Waals surface area contributed by atoms with Gasteiger partial charge in [-0.3, -0.25) is 4.57 Å². The topological polar surface area (TPSA) is 49.7 Å².